The highest BCUT2D eigenvalue weighted by Crippen LogP contribution is 2.32. The molecule has 20 heavy (non-hydrogen) atoms. The van der Waals surface area contributed by atoms with Crippen molar-refractivity contribution < 1.29 is 9.47 Å². The van der Waals surface area contributed by atoms with E-state index in [0.717, 1.165) is 23.3 Å². The predicted molar refractivity (Wildman–Crippen MR) is 84.1 cm³/mol. The van der Waals surface area contributed by atoms with Crippen molar-refractivity contribution in [3.63, 3.8) is 0 Å². The molecule has 5 heteroatoms. The lowest BCUT2D eigenvalue weighted by Gasteiger charge is -2.40. The fourth-order valence-electron chi connectivity index (χ4n) is 2.85. The molecular weight excluding hydrogens is 320 g/mol. The van der Waals surface area contributed by atoms with Crippen LogP contribution in [0.3, 0.4) is 0 Å². The molecule has 1 aromatic rings. The van der Waals surface area contributed by atoms with Gasteiger partial charge >= 0.3 is 0 Å². The van der Waals surface area contributed by atoms with Gasteiger partial charge < -0.3 is 15.2 Å². The van der Waals surface area contributed by atoms with Crippen molar-refractivity contribution >= 4 is 15.9 Å². The van der Waals surface area contributed by atoms with Gasteiger partial charge in [-0.25, -0.2) is 0 Å². The maximum Gasteiger partial charge on any atom is 0.119 e. The van der Waals surface area contributed by atoms with Gasteiger partial charge in [-0.15, -0.1) is 0 Å². The molecule has 1 aliphatic heterocycles. The predicted octanol–water partition coefficient (Wildman–Crippen LogP) is 2.57. The topological polar surface area (TPSA) is 47.7 Å². The molecule has 1 unspecified atom stereocenters. The smallest absolute Gasteiger partial charge is 0.119 e. The monoisotopic (exact) mass is 342 g/mol. The first kappa shape index (κ1) is 15.8. The van der Waals surface area contributed by atoms with Crippen LogP contribution in [-0.2, 0) is 4.74 Å². The van der Waals surface area contributed by atoms with Gasteiger partial charge in [0.1, 0.15) is 5.75 Å². The summed E-state index contributed by atoms with van der Waals surface area (Å²) in [5.74, 6) is 0.857. The summed E-state index contributed by atoms with van der Waals surface area (Å²) in [7, 11) is 1.68. The number of halogens is 1. The number of nitrogens with two attached hydrogens (primary N) is 1. The van der Waals surface area contributed by atoms with Crippen LogP contribution in [0.2, 0.25) is 0 Å². The van der Waals surface area contributed by atoms with Gasteiger partial charge in [-0.05, 0) is 37.6 Å². The molecule has 112 valence electrons. The summed E-state index contributed by atoms with van der Waals surface area (Å²) >= 11 is 3.63. The van der Waals surface area contributed by atoms with Gasteiger partial charge in [0.2, 0.25) is 0 Å². The number of benzene rings is 1. The number of methoxy groups -OCH3 is 1. The Balaban J connectivity index is 2.27. The van der Waals surface area contributed by atoms with Crippen LogP contribution in [0.25, 0.3) is 0 Å². The minimum atomic E-state index is 0.174. The molecule has 0 radical (unpaired) electrons. The van der Waals surface area contributed by atoms with Crippen molar-refractivity contribution in [1.82, 2.24) is 4.90 Å². The second kappa shape index (κ2) is 6.89. The summed E-state index contributed by atoms with van der Waals surface area (Å²) < 4.78 is 12.2. The number of hydrogen-bond acceptors (Lipinski definition) is 4. The van der Waals surface area contributed by atoms with Gasteiger partial charge in [-0.1, -0.05) is 15.9 Å². The minimum Gasteiger partial charge on any atom is -0.497 e. The Kier molecular flexibility index (Phi) is 5.43. The fraction of sp³-hybridized carbons (Fsp3) is 0.600. The molecule has 1 fully saturated rings. The fourth-order valence-corrected chi connectivity index (χ4v) is 3.36. The van der Waals surface area contributed by atoms with Crippen LogP contribution in [0.1, 0.15) is 25.5 Å². The van der Waals surface area contributed by atoms with E-state index in [1.165, 1.54) is 5.56 Å². The summed E-state index contributed by atoms with van der Waals surface area (Å²) in [4.78, 5) is 2.40. The van der Waals surface area contributed by atoms with E-state index in [-0.39, 0.29) is 18.2 Å². The van der Waals surface area contributed by atoms with Gasteiger partial charge in [-0.2, -0.15) is 0 Å². The normalized spacial score (nSPS) is 25.4. The summed E-state index contributed by atoms with van der Waals surface area (Å²) in [5, 5.41) is 0. The summed E-state index contributed by atoms with van der Waals surface area (Å²) in [6.07, 6.45) is 0.467. The van der Waals surface area contributed by atoms with Crippen molar-refractivity contribution in [3.05, 3.63) is 28.2 Å². The summed E-state index contributed by atoms with van der Waals surface area (Å²) in [6.45, 7) is 6.59. The van der Waals surface area contributed by atoms with Gasteiger partial charge in [0.15, 0.2) is 0 Å². The van der Waals surface area contributed by atoms with E-state index in [0.29, 0.717) is 6.54 Å². The molecule has 0 spiro atoms. The third-order valence-electron chi connectivity index (χ3n) is 3.67. The molecule has 2 N–H and O–H groups in total. The Bertz CT molecular complexity index is 445. The van der Waals surface area contributed by atoms with Gasteiger partial charge in [0, 0.05) is 30.1 Å². The number of morpholine rings is 1. The Labute approximate surface area is 129 Å². The molecule has 1 heterocycles. The summed E-state index contributed by atoms with van der Waals surface area (Å²) in [5.41, 5.74) is 7.22. The van der Waals surface area contributed by atoms with Crippen molar-refractivity contribution in [3.8, 4) is 5.75 Å². The van der Waals surface area contributed by atoms with Crippen LogP contribution in [0.4, 0.5) is 0 Å². The molecule has 0 aromatic heterocycles. The molecule has 2 rings (SSSR count). The number of nitrogens with zero attached hydrogens (tertiary/aromatic N) is 1. The maximum absolute atomic E-state index is 6.04. The molecule has 1 saturated heterocycles. The molecule has 0 aliphatic carbocycles. The minimum absolute atomic E-state index is 0.174. The molecular formula is C15H23BrN2O2. The molecule has 1 aliphatic rings. The molecule has 1 aromatic carbocycles. The number of ether oxygens (including phenoxy) is 2. The quantitative estimate of drug-likeness (QED) is 0.913. The Morgan fingerprint density at radius 1 is 1.40 bits per heavy atom. The van der Waals surface area contributed by atoms with E-state index in [1.54, 1.807) is 7.11 Å². The Hall–Kier alpha value is -0.620. The zero-order valence-electron chi connectivity index (χ0n) is 12.3. The highest BCUT2D eigenvalue weighted by molar-refractivity contribution is 9.10. The lowest BCUT2D eigenvalue weighted by molar-refractivity contribution is -0.0800. The number of hydrogen-bond donors (Lipinski definition) is 1. The Morgan fingerprint density at radius 3 is 2.60 bits per heavy atom. The van der Waals surface area contributed by atoms with E-state index in [9.17, 15) is 0 Å². The first-order valence-electron chi connectivity index (χ1n) is 6.98. The second-order valence-electron chi connectivity index (χ2n) is 5.35. The average Bonchev–Trinajstić information content (AvgIpc) is 2.40. The van der Waals surface area contributed by atoms with Gasteiger partial charge in [0.05, 0.1) is 19.3 Å². The SMILES string of the molecule is COc1ccc(Br)c(C(CN)N2C[C@@H](C)O[C@@H](C)C2)c1. The average molecular weight is 343 g/mol. The Morgan fingerprint density at radius 2 is 2.05 bits per heavy atom. The molecule has 0 amide bonds. The van der Waals surface area contributed by atoms with Gasteiger partial charge in [0.25, 0.3) is 0 Å². The van der Waals surface area contributed by atoms with Crippen molar-refractivity contribution in [2.75, 3.05) is 26.7 Å². The second-order valence-corrected chi connectivity index (χ2v) is 6.20. The standard InChI is InChI=1S/C15H23BrN2O2/c1-10-8-18(9-11(2)20-10)15(7-17)13-6-12(19-3)4-5-14(13)16/h4-6,10-11,15H,7-9,17H2,1-3H3/t10-,11+,15?. The van der Waals surface area contributed by atoms with E-state index >= 15 is 0 Å². The van der Waals surface area contributed by atoms with E-state index < -0.39 is 0 Å². The third kappa shape index (κ3) is 3.52. The zero-order chi connectivity index (χ0) is 14.7. The molecule has 0 saturated carbocycles. The van der Waals surface area contributed by atoms with Crippen molar-refractivity contribution in [2.45, 2.75) is 32.1 Å². The van der Waals surface area contributed by atoms with Crippen molar-refractivity contribution in [2.24, 2.45) is 5.73 Å². The highest BCUT2D eigenvalue weighted by Gasteiger charge is 2.29. The lowest BCUT2D eigenvalue weighted by Crippen LogP contribution is -2.48. The lowest BCUT2D eigenvalue weighted by atomic mass is 10.0. The largest absolute Gasteiger partial charge is 0.497 e. The van der Waals surface area contributed by atoms with Crippen LogP contribution in [0, 0.1) is 0 Å². The van der Waals surface area contributed by atoms with E-state index in [4.69, 9.17) is 15.2 Å². The van der Waals surface area contributed by atoms with Crippen LogP contribution in [0.15, 0.2) is 22.7 Å². The van der Waals surface area contributed by atoms with Gasteiger partial charge in [-0.3, -0.25) is 4.90 Å². The summed E-state index contributed by atoms with van der Waals surface area (Å²) in [6, 6.07) is 6.20. The molecule has 3 atom stereocenters. The molecule has 4 nitrogen and oxygen atoms in total. The first-order valence-corrected chi connectivity index (χ1v) is 7.77. The van der Waals surface area contributed by atoms with E-state index in [2.05, 4.69) is 40.7 Å². The van der Waals surface area contributed by atoms with Crippen LogP contribution in [0.5, 0.6) is 5.75 Å². The molecule has 0 bridgehead atoms. The number of rotatable bonds is 4. The van der Waals surface area contributed by atoms with Crippen LogP contribution in [-0.4, -0.2) is 43.9 Å². The van der Waals surface area contributed by atoms with Crippen molar-refractivity contribution in [1.29, 1.82) is 0 Å². The van der Waals surface area contributed by atoms with Crippen LogP contribution < -0.4 is 10.5 Å². The van der Waals surface area contributed by atoms with E-state index in [1.807, 2.05) is 12.1 Å². The third-order valence-corrected chi connectivity index (χ3v) is 4.40. The highest BCUT2D eigenvalue weighted by atomic mass is 79.9. The van der Waals surface area contributed by atoms with Crippen LogP contribution >= 0.6 is 15.9 Å². The first-order chi connectivity index (χ1) is 9.55. The maximum atomic E-state index is 6.04. The zero-order valence-corrected chi connectivity index (χ0v) is 13.9.